The standard InChI is InChI=1S/C16H14N4O4/c21-9-13(16(23)19-14-6-8-24-20-14)18-15(22)11-5-7-17-12-4-2-1-3-10(11)12/h1-8,13,21H,9H2,(H,18,22)(H,19,20,23)/t13-/m0/s1. The SMILES string of the molecule is O=C(N[C@@H](CO)C(=O)Nc1ccon1)c1ccnc2ccccc12. The first-order valence-corrected chi connectivity index (χ1v) is 7.16. The van der Waals surface area contributed by atoms with Crippen LogP contribution in [0, 0.1) is 0 Å². The second-order valence-electron chi connectivity index (χ2n) is 4.96. The second-order valence-corrected chi connectivity index (χ2v) is 4.96. The summed E-state index contributed by atoms with van der Waals surface area (Å²) in [7, 11) is 0. The number of pyridine rings is 1. The highest BCUT2D eigenvalue weighted by Gasteiger charge is 2.22. The van der Waals surface area contributed by atoms with Crippen molar-refractivity contribution >= 4 is 28.5 Å². The fourth-order valence-corrected chi connectivity index (χ4v) is 2.21. The highest BCUT2D eigenvalue weighted by atomic mass is 16.5. The van der Waals surface area contributed by atoms with Gasteiger partial charge >= 0.3 is 0 Å². The molecular weight excluding hydrogens is 312 g/mol. The molecule has 0 unspecified atom stereocenters. The average molecular weight is 326 g/mol. The molecule has 2 amide bonds. The van der Waals surface area contributed by atoms with Crippen LogP contribution in [0.25, 0.3) is 10.9 Å². The van der Waals surface area contributed by atoms with Crippen LogP contribution >= 0.6 is 0 Å². The molecular formula is C16H14N4O4. The smallest absolute Gasteiger partial charge is 0.252 e. The summed E-state index contributed by atoms with van der Waals surface area (Å²) < 4.78 is 4.61. The van der Waals surface area contributed by atoms with Gasteiger partial charge in [0, 0.05) is 17.6 Å². The van der Waals surface area contributed by atoms with Crippen LogP contribution in [0.3, 0.4) is 0 Å². The van der Waals surface area contributed by atoms with Crippen LogP contribution in [0.15, 0.2) is 53.4 Å². The molecule has 2 aromatic heterocycles. The van der Waals surface area contributed by atoms with Crippen LogP contribution in [0.1, 0.15) is 10.4 Å². The van der Waals surface area contributed by atoms with Gasteiger partial charge in [-0.1, -0.05) is 23.4 Å². The molecule has 0 aliphatic rings. The molecule has 0 saturated carbocycles. The lowest BCUT2D eigenvalue weighted by molar-refractivity contribution is -0.118. The Kier molecular flexibility index (Phi) is 4.48. The molecule has 3 rings (SSSR count). The van der Waals surface area contributed by atoms with E-state index < -0.39 is 24.5 Å². The van der Waals surface area contributed by atoms with Gasteiger partial charge in [0.05, 0.1) is 17.7 Å². The van der Waals surface area contributed by atoms with Gasteiger partial charge in [-0.25, -0.2) is 0 Å². The van der Waals surface area contributed by atoms with Gasteiger partial charge in [0.15, 0.2) is 5.82 Å². The van der Waals surface area contributed by atoms with Gasteiger partial charge in [-0.3, -0.25) is 14.6 Å². The van der Waals surface area contributed by atoms with Crippen molar-refractivity contribution < 1.29 is 19.2 Å². The Labute approximate surface area is 136 Å². The summed E-state index contributed by atoms with van der Waals surface area (Å²) >= 11 is 0. The maximum atomic E-state index is 12.5. The molecule has 0 aliphatic carbocycles. The van der Waals surface area contributed by atoms with Gasteiger partial charge in [-0.15, -0.1) is 0 Å². The lowest BCUT2D eigenvalue weighted by atomic mass is 10.1. The van der Waals surface area contributed by atoms with E-state index in [0.717, 1.165) is 0 Å². The van der Waals surface area contributed by atoms with E-state index in [1.807, 2.05) is 6.07 Å². The highest BCUT2D eigenvalue weighted by Crippen LogP contribution is 2.16. The minimum absolute atomic E-state index is 0.196. The number of aromatic nitrogens is 2. The van der Waals surface area contributed by atoms with Crippen LogP contribution in [0.4, 0.5) is 5.82 Å². The van der Waals surface area contributed by atoms with E-state index in [0.29, 0.717) is 16.5 Å². The molecule has 0 fully saturated rings. The van der Waals surface area contributed by atoms with E-state index in [4.69, 9.17) is 0 Å². The number of carbonyl (C=O) groups excluding carboxylic acids is 2. The number of aliphatic hydroxyl groups is 1. The van der Waals surface area contributed by atoms with E-state index >= 15 is 0 Å². The number of fused-ring (bicyclic) bond motifs is 1. The summed E-state index contributed by atoms with van der Waals surface area (Å²) in [5, 5.41) is 18.5. The molecule has 1 aromatic carbocycles. The van der Waals surface area contributed by atoms with Crippen molar-refractivity contribution in [1.29, 1.82) is 0 Å². The quantitative estimate of drug-likeness (QED) is 0.642. The molecule has 0 bridgehead atoms. The highest BCUT2D eigenvalue weighted by molar-refractivity contribution is 6.08. The topological polar surface area (TPSA) is 117 Å². The first kappa shape index (κ1) is 15.6. The third-order valence-electron chi connectivity index (χ3n) is 3.39. The normalized spacial score (nSPS) is 11.9. The number of rotatable bonds is 5. The molecule has 0 radical (unpaired) electrons. The zero-order valence-corrected chi connectivity index (χ0v) is 12.5. The summed E-state index contributed by atoms with van der Waals surface area (Å²) in [4.78, 5) is 28.7. The number of hydrogen-bond donors (Lipinski definition) is 3. The number of carbonyl (C=O) groups is 2. The van der Waals surface area contributed by atoms with Crippen molar-refractivity contribution in [1.82, 2.24) is 15.5 Å². The van der Waals surface area contributed by atoms with Crippen LogP contribution in [0.5, 0.6) is 0 Å². The number of anilines is 1. The van der Waals surface area contributed by atoms with E-state index in [1.165, 1.54) is 18.5 Å². The minimum Gasteiger partial charge on any atom is -0.394 e. The average Bonchev–Trinajstić information content (AvgIpc) is 3.11. The Morgan fingerprint density at radius 3 is 2.79 bits per heavy atom. The number of amides is 2. The van der Waals surface area contributed by atoms with Crippen molar-refractivity contribution in [2.24, 2.45) is 0 Å². The molecule has 3 N–H and O–H groups in total. The number of nitrogens with zero attached hydrogens (tertiary/aromatic N) is 2. The number of aliphatic hydroxyl groups excluding tert-OH is 1. The lowest BCUT2D eigenvalue weighted by Crippen LogP contribution is -2.46. The number of hydrogen-bond acceptors (Lipinski definition) is 6. The molecule has 2 heterocycles. The summed E-state index contributed by atoms with van der Waals surface area (Å²) in [5.41, 5.74) is 1.03. The molecule has 1 atom stereocenters. The Bertz CT molecular complexity index is 858. The van der Waals surface area contributed by atoms with Crippen molar-refractivity contribution in [2.75, 3.05) is 11.9 Å². The molecule has 122 valence electrons. The van der Waals surface area contributed by atoms with Gasteiger partial charge in [0.2, 0.25) is 0 Å². The monoisotopic (exact) mass is 326 g/mol. The summed E-state index contributed by atoms with van der Waals surface area (Å²) in [5.74, 6) is -0.886. The Balaban J connectivity index is 1.77. The molecule has 24 heavy (non-hydrogen) atoms. The van der Waals surface area contributed by atoms with Crippen molar-refractivity contribution in [3.63, 3.8) is 0 Å². The predicted molar refractivity (Wildman–Crippen MR) is 85.2 cm³/mol. The molecule has 0 spiro atoms. The third kappa shape index (κ3) is 3.23. The van der Waals surface area contributed by atoms with Crippen LogP contribution in [0.2, 0.25) is 0 Å². The third-order valence-corrected chi connectivity index (χ3v) is 3.39. The fourth-order valence-electron chi connectivity index (χ4n) is 2.21. The van der Waals surface area contributed by atoms with Gasteiger partial charge < -0.3 is 20.3 Å². The van der Waals surface area contributed by atoms with Gasteiger partial charge in [0.1, 0.15) is 12.3 Å². The maximum Gasteiger partial charge on any atom is 0.252 e. The largest absolute Gasteiger partial charge is 0.394 e. The van der Waals surface area contributed by atoms with E-state index in [1.54, 1.807) is 24.3 Å². The second kappa shape index (κ2) is 6.88. The fraction of sp³-hybridized carbons (Fsp3) is 0.125. The van der Waals surface area contributed by atoms with Gasteiger partial charge in [-0.05, 0) is 12.1 Å². The minimum atomic E-state index is -1.12. The first-order valence-electron chi connectivity index (χ1n) is 7.16. The van der Waals surface area contributed by atoms with Crippen molar-refractivity contribution in [3.8, 4) is 0 Å². The molecule has 8 nitrogen and oxygen atoms in total. The van der Waals surface area contributed by atoms with Crippen molar-refractivity contribution in [3.05, 3.63) is 54.4 Å². The van der Waals surface area contributed by atoms with E-state index in [9.17, 15) is 14.7 Å². The summed E-state index contributed by atoms with van der Waals surface area (Å²) in [6, 6.07) is 9.04. The van der Waals surface area contributed by atoms with Gasteiger partial charge in [-0.2, -0.15) is 0 Å². The Hall–Kier alpha value is -3.26. The zero-order chi connectivity index (χ0) is 16.9. The van der Waals surface area contributed by atoms with Crippen LogP contribution in [-0.4, -0.2) is 39.7 Å². The Morgan fingerprint density at radius 1 is 1.21 bits per heavy atom. The predicted octanol–water partition coefficient (Wildman–Crippen LogP) is 0.952. The number of benzene rings is 1. The maximum absolute atomic E-state index is 12.5. The lowest BCUT2D eigenvalue weighted by Gasteiger charge is -2.15. The Morgan fingerprint density at radius 2 is 2.04 bits per heavy atom. The zero-order valence-electron chi connectivity index (χ0n) is 12.5. The first-order chi connectivity index (χ1) is 11.7. The number of nitrogens with one attached hydrogen (secondary N) is 2. The van der Waals surface area contributed by atoms with Crippen LogP contribution in [-0.2, 0) is 4.79 Å². The van der Waals surface area contributed by atoms with E-state index in [-0.39, 0.29) is 5.82 Å². The molecule has 3 aromatic rings. The van der Waals surface area contributed by atoms with Crippen LogP contribution < -0.4 is 10.6 Å². The molecule has 0 saturated heterocycles. The van der Waals surface area contributed by atoms with Crippen molar-refractivity contribution in [2.45, 2.75) is 6.04 Å². The molecule has 8 heteroatoms. The van der Waals surface area contributed by atoms with E-state index in [2.05, 4.69) is 25.3 Å². The van der Waals surface area contributed by atoms with Gasteiger partial charge in [0.25, 0.3) is 11.8 Å². The summed E-state index contributed by atoms with van der Waals surface area (Å²) in [6.07, 6.45) is 2.81. The molecule has 0 aliphatic heterocycles. The summed E-state index contributed by atoms with van der Waals surface area (Å²) in [6.45, 7) is -0.557. The number of para-hydroxylation sites is 1.